The second kappa shape index (κ2) is 5.78. The number of rotatable bonds is 3. The Morgan fingerprint density at radius 2 is 1.87 bits per heavy atom. The molecule has 2 aromatic carbocycles. The van der Waals surface area contributed by atoms with Gasteiger partial charge in [0.2, 0.25) is 12.7 Å². The van der Waals surface area contributed by atoms with Gasteiger partial charge in [0.05, 0.1) is 5.41 Å². The standard InChI is InChI=1S/C18H18ClNO3/c1-11-4-6-13(19)9-14(11)20-17(21)18(2,3)12-5-7-15-16(8-12)23-10-22-15/h4-9H,10H2,1-3H3,(H,20,21). The van der Waals surface area contributed by atoms with Crippen molar-refractivity contribution in [2.45, 2.75) is 26.2 Å². The average molecular weight is 332 g/mol. The molecule has 1 N–H and O–H groups in total. The lowest BCUT2D eigenvalue weighted by Crippen LogP contribution is -2.34. The normalized spacial score (nSPS) is 13.0. The van der Waals surface area contributed by atoms with Gasteiger partial charge in [-0.25, -0.2) is 0 Å². The highest BCUT2D eigenvalue weighted by Crippen LogP contribution is 2.37. The fourth-order valence-electron chi connectivity index (χ4n) is 2.42. The number of carbonyl (C=O) groups is 1. The highest BCUT2D eigenvalue weighted by atomic mass is 35.5. The summed E-state index contributed by atoms with van der Waals surface area (Å²) >= 11 is 6.01. The van der Waals surface area contributed by atoms with Crippen LogP contribution >= 0.6 is 11.6 Å². The molecule has 0 spiro atoms. The molecular formula is C18H18ClNO3. The van der Waals surface area contributed by atoms with E-state index in [-0.39, 0.29) is 12.7 Å². The predicted molar refractivity (Wildman–Crippen MR) is 90.4 cm³/mol. The second-order valence-corrected chi connectivity index (χ2v) is 6.54. The summed E-state index contributed by atoms with van der Waals surface area (Å²) in [7, 11) is 0. The maximum absolute atomic E-state index is 12.8. The summed E-state index contributed by atoms with van der Waals surface area (Å²) in [5, 5.41) is 3.55. The van der Waals surface area contributed by atoms with Gasteiger partial charge in [-0.05, 0) is 56.2 Å². The van der Waals surface area contributed by atoms with Gasteiger partial charge >= 0.3 is 0 Å². The van der Waals surface area contributed by atoms with Crippen LogP contribution in [0, 0.1) is 6.92 Å². The third-order valence-electron chi connectivity index (χ3n) is 4.11. The first kappa shape index (κ1) is 15.7. The van der Waals surface area contributed by atoms with E-state index in [1.165, 1.54) is 0 Å². The predicted octanol–water partition coefficient (Wildman–Crippen LogP) is 4.29. The number of fused-ring (bicyclic) bond motifs is 1. The van der Waals surface area contributed by atoms with Crippen LogP contribution in [0.15, 0.2) is 36.4 Å². The Morgan fingerprint density at radius 1 is 1.13 bits per heavy atom. The number of aryl methyl sites for hydroxylation is 1. The van der Waals surface area contributed by atoms with Crippen LogP contribution in [-0.2, 0) is 10.2 Å². The maximum atomic E-state index is 12.8. The molecule has 1 aliphatic heterocycles. The van der Waals surface area contributed by atoms with Crippen LogP contribution in [0.3, 0.4) is 0 Å². The van der Waals surface area contributed by atoms with E-state index in [0.717, 1.165) is 16.8 Å². The number of halogens is 1. The Bertz CT molecular complexity index is 771. The fourth-order valence-corrected chi connectivity index (χ4v) is 2.60. The van der Waals surface area contributed by atoms with Crippen molar-refractivity contribution in [1.29, 1.82) is 0 Å². The Labute approximate surface area is 140 Å². The number of anilines is 1. The maximum Gasteiger partial charge on any atom is 0.234 e. The molecule has 23 heavy (non-hydrogen) atoms. The third-order valence-corrected chi connectivity index (χ3v) is 4.34. The van der Waals surface area contributed by atoms with E-state index in [2.05, 4.69) is 5.32 Å². The molecule has 2 aromatic rings. The highest BCUT2D eigenvalue weighted by Gasteiger charge is 2.31. The lowest BCUT2D eigenvalue weighted by Gasteiger charge is -2.25. The SMILES string of the molecule is Cc1ccc(Cl)cc1NC(=O)C(C)(C)c1ccc2c(c1)OCO2. The molecule has 1 amide bonds. The second-order valence-electron chi connectivity index (χ2n) is 6.11. The van der Waals surface area contributed by atoms with Crippen molar-refractivity contribution in [3.8, 4) is 11.5 Å². The molecule has 0 bridgehead atoms. The lowest BCUT2D eigenvalue weighted by molar-refractivity contribution is -0.120. The van der Waals surface area contributed by atoms with Crippen molar-refractivity contribution in [3.05, 3.63) is 52.5 Å². The molecule has 0 atom stereocenters. The van der Waals surface area contributed by atoms with E-state index in [1.54, 1.807) is 12.1 Å². The van der Waals surface area contributed by atoms with Crippen molar-refractivity contribution in [3.63, 3.8) is 0 Å². The number of carbonyl (C=O) groups excluding carboxylic acids is 1. The first-order chi connectivity index (χ1) is 10.9. The van der Waals surface area contributed by atoms with Crippen molar-refractivity contribution in [2.75, 3.05) is 12.1 Å². The zero-order valence-electron chi connectivity index (χ0n) is 13.3. The van der Waals surface area contributed by atoms with Gasteiger partial charge in [-0.3, -0.25) is 4.79 Å². The lowest BCUT2D eigenvalue weighted by atomic mass is 9.83. The first-order valence-corrected chi connectivity index (χ1v) is 7.73. The van der Waals surface area contributed by atoms with Crippen LogP contribution in [-0.4, -0.2) is 12.7 Å². The van der Waals surface area contributed by atoms with Gasteiger partial charge in [-0.2, -0.15) is 0 Å². The molecule has 0 aliphatic carbocycles. The molecule has 120 valence electrons. The smallest absolute Gasteiger partial charge is 0.234 e. The fraction of sp³-hybridized carbons (Fsp3) is 0.278. The minimum atomic E-state index is -0.726. The molecule has 4 nitrogen and oxygen atoms in total. The van der Waals surface area contributed by atoms with Gasteiger partial charge in [-0.1, -0.05) is 23.7 Å². The molecule has 1 aliphatic rings. The topological polar surface area (TPSA) is 47.6 Å². The Morgan fingerprint density at radius 3 is 2.65 bits per heavy atom. The van der Waals surface area contributed by atoms with E-state index in [0.29, 0.717) is 16.5 Å². The number of hydrogen-bond acceptors (Lipinski definition) is 3. The zero-order valence-corrected chi connectivity index (χ0v) is 14.0. The average Bonchev–Trinajstić information content (AvgIpc) is 2.98. The van der Waals surface area contributed by atoms with E-state index in [4.69, 9.17) is 21.1 Å². The molecular weight excluding hydrogens is 314 g/mol. The minimum absolute atomic E-state index is 0.110. The van der Waals surface area contributed by atoms with Crippen LogP contribution < -0.4 is 14.8 Å². The first-order valence-electron chi connectivity index (χ1n) is 7.35. The van der Waals surface area contributed by atoms with Crippen LogP contribution in [0.1, 0.15) is 25.0 Å². The zero-order chi connectivity index (χ0) is 16.6. The number of ether oxygens (including phenoxy) is 2. The summed E-state index contributed by atoms with van der Waals surface area (Å²) in [4.78, 5) is 12.8. The largest absolute Gasteiger partial charge is 0.454 e. The van der Waals surface area contributed by atoms with Crippen LogP contribution in [0.4, 0.5) is 5.69 Å². The van der Waals surface area contributed by atoms with Crippen molar-refractivity contribution in [2.24, 2.45) is 0 Å². The van der Waals surface area contributed by atoms with Gasteiger partial charge in [0.15, 0.2) is 11.5 Å². The summed E-state index contributed by atoms with van der Waals surface area (Å²) in [6.45, 7) is 5.89. The molecule has 0 saturated carbocycles. The van der Waals surface area contributed by atoms with Gasteiger partial charge in [0.25, 0.3) is 0 Å². The van der Waals surface area contributed by atoms with Gasteiger partial charge < -0.3 is 14.8 Å². The molecule has 5 heteroatoms. The number of benzene rings is 2. The Kier molecular flexibility index (Phi) is 3.94. The molecule has 1 heterocycles. The number of hydrogen-bond donors (Lipinski definition) is 1. The third kappa shape index (κ3) is 2.99. The summed E-state index contributed by atoms with van der Waals surface area (Å²) in [5.74, 6) is 1.26. The van der Waals surface area contributed by atoms with Gasteiger partial charge in [0.1, 0.15) is 0 Å². The van der Waals surface area contributed by atoms with Gasteiger partial charge in [-0.15, -0.1) is 0 Å². The Hall–Kier alpha value is -2.20. The molecule has 0 saturated heterocycles. The van der Waals surface area contributed by atoms with Crippen LogP contribution in [0.5, 0.6) is 11.5 Å². The highest BCUT2D eigenvalue weighted by molar-refractivity contribution is 6.31. The van der Waals surface area contributed by atoms with Crippen LogP contribution in [0.25, 0.3) is 0 Å². The summed E-state index contributed by atoms with van der Waals surface area (Å²) in [6.07, 6.45) is 0. The van der Waals surface area contributed by atoms with Crippen molar-refractivity contribution in [1.82, 2.24) is 0 Å². The monoisotopic (exact) mass is 331 g/mol. The quantitative estimate of drug-likeness (QED) is 0.912. The minimum Gasteiger partial charge on any atom is -0.454 e. The number of amides is 1. The molecule has 0 unspecified atom stereocenters. The van der Waals surface area contributed by atoms with E-state index in [1.807, 2.05) is 45.0 Å². The van der Waals surface area contributed by atoms with E-state index >= 15 is 0 Å². The van der Waals surface area contributed by atoms with E-state index in [9.17, 15) is 4.79 Å². The molecule has 0 aromatic heterocycles. The Balaban J connectivity index is 1.86. The molecule has 0 radical (unpaired) electrons. The van der Waals surface area contributed by atoms with Crippen molar-refractivity contribution >= 4 is 23.2 Å². The van der Waals surface area contributed by atoms with E-state index < -0.39 is 5.41 Å². The van der Waals surface area contributed by atoms with Gasteiger partial charge in [0, 0.05) is 10.7 Å². The summed E-state index contributed by atoms with van der Waals surface area (Å²) < 4.78 is 10.7. The molecule has 0 fully saturated rings. The summed E-state index contributed by atoms with van der Waals surface area (Å²) in [6, 6.07) is 11.0. The summed E-state index contributed by atoms with van der Waals surface area (Å²) in [5.41, 5.74) is 1.81. The number of nitrogens with one attached hydrogen (secondary N) is 1. The van der Waals surface area contributed by atoms with Crippen molar-refractivity contribution < 1.29 is 14.3 Å². The molecule has 3 rings (SSSR count). The van der Waals surface area contributed by atoms with Crippen LogP contribution in [0.2, 0.25) is 5.02 Å².